The summed E-state index contributed by atoms with van der Waals surface area (Å²) in [7, 11) is 1.73. The lowest BCUT2D eigenvalue weighted by Crippen LogP contribution is -2.37. The molecule has 100 valence electrons. The van der Waals surface area contributed by atoms with Crippen molar-refractivity contribution in [2.75, 3.05) is 13.7 Å². The fraction of sp³-hybridized carbons (Fsp3) is 0.846. The first-order valence-electron chi connectivity index (χ1n) is 6.88. The SMILES string of the molecule is COC1(c2noc(C3NCCCC3C)n2)CCC1. The highest BCUT2D eigenvalue weighted by molar-refractivity contribution is 5.08. The summed E-state index contributed by atoms with van der Waals surface area (Å²) in [5, 5.41) is 7.61. The molecule has 2 heterocycles. The summed E-state index contributed by atoms with van der Waals surface area (Å²) < 4.78 is 11.0. The summed E-state index contributed by atoms with van der Waals surface area (Å²) in [5.41, 5.74) is -0.278. The summed E-state index contributed by atoms with van der Waals surface area (Å²) in [6, 6.07) is 0.203. The third-order valence-electron chi connectivity index (χ3n) is 4.44. The Morgan fingerprint density at radius 2 is 2.22 bits per heavy atom. The topological polar surface area (TPSA) is 60.2 Å². The van der Waals surface area contributed by atoms with E-state index in [4.69, 9.17) is 9.26 Å². The zero-order valence-corrected chi connectivity index (χ0v) is 11.1. The molecular formula is C13H21N3O2. The van der Waals surface area contributed by atoms with Crippen LogP contribution >= 0.6 is 0 Å². The maximum absolute atomic E-state index is 5.58. The largest absolute Gasteiger partial charge is 0.370 e. The molecular weight excluding hydrogens is 230 g/mol. The van der Waals surface area contributed by atoms with Crippen molar-refractivity contribution in [3.8, 4) is 0 Å². The summed E-state index contributed by atoms with van der Waals surface area (Å²) in [6.07, 6.45) is 5.60. The first-order chi connectivity index (χ1) is 8.75. The van der Waals surface area contributed by atoms with E-state index in [1.54, 1.807) is 7.11 Å². The van der Waals surface area contributed by atoms with Crippen molar-refractivity contribution >= 4 is 0 Å². The van der Waals surface area contributed by atoms with Gasteiger partial charge in [0.25, 0.3) is 0 Å². The van der Waals surface area contributed by atoms with Gasteiger partial charge in [-0.1, -0.05) is 12.1 Å². The van der Waals surface area contributed by atoms with Crippen molar-refractivity contribution in [3.05, 3.63) is 11.7 Å². The molecule has 0 spiro atoms. The van der Waals surface area contributed by atoms with E-state index in [0.717, 1.165) is 31.1 Å². The number of piperidine rings is 1. The average Bonchev–Trinajstić information content (AvgIpc) is 2.79. The number of hydrogen-bond donors (Lipinski definition) is 1. The lowest BCUT2D eigenvalue weighted by molar-refractivity contribution is -0.0858. The zero-order valence-electron chi connectivity index (χ0n) is 11.1. The molecule has 2 unspecified atom stereocenters. The first-order valence-corrected chi connectivity index (χ1v) is 6.88. The standard InChI is InChI=1S/C13H21N3O2/c1-9-5-3-8-14-10(9)11-15-12(16-18-11)13(17-2)6-4-7-13/h9-10,14H,3-8H2,1-2H3. The van der Waals surface area contributed by atoms with E-state index < -0.39 is 0 Å². The fourth-order valence-corrected chi connectivity index (χ4v) is 2.94. The second-order valence-corrected chi connectivity index (χ2v) is 5.56. The van der Waals surface area contributed by atoms with E-state index >= 15 is 0 Å². The Kier molecular flexibility index (Phi) is 3.11. The molecule has 2 aliphatic rings. The molecule has 1 aliphatic carbocycles. The van der Waals surface area contributed by atoms with Gasteiger partial charge in [-0.05, 0) is 44.6 Å². The van der Waals surface area contributed by atoms with E-state index in [2.05, 4.69) is 22.4 Å². The van der Waals surface area contributed by atoms with E-state index in [1.165, 1.54) is 19.3 Å². The predicted molar refractivity (Wildman–Crippen MR) is 66.0 cm³/mol. The monoisotopic (exact) mass is 251 g/mol. The van der Waals surface area contributed by atoms with E-state index in [1.807, 2.05) is 0 Å². The first kappa shape index (κ1) is 12.1. The minimum atomic E-state index is -0.278. The minimum absolute atomic E-state index is 0.203. The van der Waals surface area contributed by atoms with Crippen molar-refractivity contribution in [2.45, 2.75) is 50.7 Å². The molecule has 5 heteroatoms. The number of aromatic nitrogens is 2. The van der Waals surface area contributed by atoms with Crippen LogP contribution in [-0.2, 0) is 10.3 Å². The van der Waals surface area contributed by atoms with Crippen molar-refractivity contribution in [3.63, 3.8) is 0 Å². The fourth-order valence-electron chi connectivity index (χ4n) is 2.94. The number of rotatable bonds is 3. The number of methoxy groups -OCH3 is 1. The lowest BCUT2D eigenvalue weighted by Gasteiger charge is -2.37. The van der Waals surface area contributed by atoms with Crippen LogP contribution in [0.25, 0.3) is 0 Å². The van der Waals surface area contributed by atoms with E-state index in [0.29, 0.717) is 5.92 Å². The van der Waals surface area contributed by atoms with Gasteiger partial charge in [-0.25, -0.2) is 0 Å². The Balaban J connectivity index is 1.80. The van der Waals surface area contributed by atoms with Crippen LogP contribution < -0.4 is 5.32 Å². The van der Waals surface area contributed by atoms with Gasteiger partial charge in [0, 0.05) is 7.11 Å². The van der Waals surface area contributed by atoms with Crippen LogP contribution in [0.15, 0.2) is 4.52 Å². The number of nitrogens with zero attached hydrogens (tertiary/aromatic N) is 2. The molecule has 0 radical (unpaired) electrons. The van der Waals surface area contributed by atoms with Gasteiger partial charge >= 0.3 is 0 Å². The van der Waals surface area contributed by atoms with Gasteiger partial charge in [0.05, 0.1) is 6.04 Å². The summed E-state index contributed by atoms with van der Waals surface area (Å²) in [6.45, 7) is 3.26. The van der Waals surface area contributed by atoms with Crippen LogP contribution in [0.3, 0.4) is 0 Å². The minimum Gasteiger partial charge on any atom is -0.370 e. The normalized spacial score (nSPS) is 31.0. The highest BCUT2D eigenvalue weighted by Gasteiger charge is 2.44. The van der Waals surface area contributed by atoms with Gasteiger partial charge in [0.15, 0.2) is 0 Å². The lowest BCUT2D eigenvalue weighted by atomic mass is 9.79. The molecule has 5 nitrogen and oxygen atoms in total. The average molecular weight is 251 g/mol. The van der Waals surface area contributed by atoms with Crippen LogP contribution in [0, 0.1) is 5.92 Å². The Bertz CT molecular complexity index is 409. The van der Waals surface area contributed by atoms with Crippen LogP contribution in [0.5, 0.6) is 0 Å². The summed E-state index contributed by atoms with van der Waals surface area (Å²) >= 11 is 0. The van der Waals surface area contributed by atoms with Gasteiger partial charge in [-0.15, -0.1) is 0 Å². The second-order valence-electron chi connectivity index (χ2n) is 5.56. The molecule has 1 saturated heterocycles. The van der Waals surface area contributed by atoms with Gasteiger partial charge in [0.1, 0.15) is 5.60 Å². The quantitative estimate of drug-likeness (QED) is 0.892. The van der Waals surface area contributed by atoms with Gasteiger partial charge in [-0.2, -0.15) is 4.98 Å². The van der Waals surface area contributed by atoms with E-state index in [-0.39, 0.29) is 11.6 Å². The van der Waals surface area contributed by atoms with Gasteiger partial charge < -0.3 is 14.6 Å². The van der Waals surface area contributed by atoms with Crippen molar-refractivity contribution < 1.29 is 9.26 Å². The highest BCUT2D eigenvalue weighted by atomic mass is 16.5. The maximum atomic E-state index is 5.58. The van der Waals surface area contributed by atoms with Crippen LogP contribution in [0.2, 0.25) is 0 Å². The Hall–Kier alpha value is -0.940. The molecule has 1 aromatic heterocycles. The third kappa shape index (κ3) is 1.86. The zero-order chi connectivity index (χ0) is 12.6. The van der Waals surface area contributed by atoms with Crippen LogP contribution in [0.4, 0.5) is 0 Å². The van der Waals surface area contributed by atoms with Crippen molar-refractivity contribution in [2.24, 2.45) is 5.92 Å². The molecule has 2 atom stereocenters. The van der Waals surface area contributed by atoms with Crippen molar-refractivity contribution in [1.82, 2.24) is 15.5 Å². The molecule has 18 heavy (non-hydrogen) atoms. The Morgan fingerprint density at radius 1 is 1.39 bits per heavy atom. The summed E-state index contributed by atoms with van der Waals surface area (Å²) in [4.78, 5) is 4.58. The number of ether oxygens (including phenoxy) is 1. The Labute approximate surface area is 107 Å². The molecule has 1 aliphatic heterocycles. The number of nitrogens with one attached hydrogen (secondary N) is 1. The predicted octanol–water partition coefficient (Wildman–Crippen LogP) is 2.16. The maximum Gasteiger partial charge on any atom is 0.244 e. The molecule has 3 rings (SSSR count). The van der Waals surface area contributed by atoms with Crippen molar-refractivity contribution in [1.29, 1.82) is 0 Å². The molecule has 1 saturated carbocycles. The number of hydrogen-bond acceptors (Lipinski definition) is 5. The Morgan fingerprint density at radius 3 is 2.83 bits per heavy atom. The molecule has 0 aromatic carbocycles. The smallest absolute Gasteiger partial charge is 0.244 e. The van der Waals surface area contributed by atoms with E-state index in [9.17, 15) is 0 Å². The van der Waals surface area contributed by atoms with Crippen LogP contribution in [-0.4, -0.2) is 23.8 Å². The third-order valence-corrected chi connectivity index (χ3v) is 4.44. The molecule has 2 fully saturated rings. The molecule has 0 amide bonds. The van der Waals surface area contributed by atoms with Gasteiger partial charge in [-0.3, -0.25) is 0 Å². The molecule has 0 bridgehead atoms. The summed E-state index contributed by atoms with van der Waals surface area (Å²) in [5.74, 6) is 2.00. The second kappa shape index (κ2) is 4.63. The van der Waals surface area contributed by atoms with Gasteiger partial charge in [0.2, 0.25) is 11.7 Å². The molecule has 1 aromatic rings. The molecule has 1 N–H and O–H groups in total. The highest BCUT2D eigenvalue weighted by Crippen LogP contribution is 2.43. The van der Waals surface area contributed by atoms with Crippen LogP contribution in [0.1, 0.15) is 56.8 Å².